The van der Waals surface area contributed by atoms with E-state index in [1.165, 1.54) is 23.3 Å². The molecule has 4 nitrogen and oxygen atoms in total. The average molecular weight is 472 g/mol. The Morgan fingerprint density at radius 2 is 1.40 bits per heavy atom. The van der Waals surface area contributed by atoms with Gasteiger partial charge in [0, 0.05) is 39.3 Å². The SMILES string of the molecule is O=C(C1CCCN(Cc2ccc(F)cc2)C1)N1CCN(C(c2ccccc2)c2ccccc2)CC1. The van der Waals surface area contributed by atoms with Gasteiger partial charge in [0.15, 0.2) is 0 Å². The summed E-state index contributed by atoms with van der Waals surface area (Å²) in [5, 5.41) is 0. The number of piperazine rings is 1. The number of halogens is 1. The third-order valence-corrected chi connectivity index (χ3v) is 7.40. The zero-order valence-electron chi connectivity index (χ0n) is 20.2. The van der Waals surface area contributed by atoms with Crippen molar-refractivity contribution in [2.24, 2.45) is 5.92 Å². The van der Waals surface area contributed by atoms with Crippen molar-refractivity contribution >= 4 is 5.91 Å². The number of hydrogen-bond acceptors (Lipinski definition) is 3. The van der Waals surface area contributed by atoms with Crippen LogP contribution in [-0.2, 0) is 11.3 Å². The van der Waals surface area contributed by atoms with E-state index in [4.69, 9.17) is 0 Å². The van der Waals surface area contributed by atoms with Crippen molar-refractivity contribution in [3.63, 3.8) is 0 Å². The number of piperidine rings is 1. The van der Waals surface area contributed by atoms with Gasteiger partial charge in [0.2, 0.25) is 5.91 Å². The number of rotatable bonds is 6. The summed E-state index contributed by atoms with van der Waals surface area (Å²) in [6.45, 7) is 5.82. The van der Waals surface area contributed by atoms with Gasteiger partial charge in [-0.1, -0.05) is 72.8 Å². The highest BCUT2D eigenvalue weighted by molar-refractivity contribution is 5.79. The molecule has 2 heterocycles. The molecule has 0 radical (unpaired) electrons. The number of amides is 1. The van der Waals surface area contributed by atoms with E-state index in [1.54, 1.807) is 0 Å². The van der Waals surface area contributed by atoms with E-state index in [0.29, 0.717) is 5.91 Å². The van der Waals surface area contributed by atoms with Crippen molar-refractivity contribution in [1.82, 2.24) is 14.7 Å². The van der Waals surface area contributed by atoms with Crippen LogP contribution in [0, 0.1) is 11.7 Å². The lowest BCUT2D eigenvalue weighted by molar-refractivity contribution is -0.139. The molecule has 3 aromatic rings. The Balaban J connectivity index is 1.20. The zero-order valence-corrected chi connectivity index (χ0v) is 20.2. The van der Waals surface area contributed by atoms with Gasteiger partial charge in [-0.15, -0.1) is 0 Å². The maximum absolute atomic E-state index is 13.4. The number of benzene rings is 3. The first kappa shape index (κ1) is 23.7. The van der Waals surface area contributed by atoms with Crippen LogP contribution in [0.4, 0.5) is 4.39 Å². The standard InChI is InChI=1S/C30H34FN3O/c31-28-15-13-24(14-16-28)22-32-17-7-12-27(23-32)30(35)34-20-18-33(19-21-34)29(25-8-3-1-4-9-25)26-10-5-2-6-11-26/h1-6,8-11,13-16,27,29H,7,12,17-23H2. The molecule has 0 aliphatic carbocycles. The average Bonchev–Trinajstić information content (AvgIpc) is 2.92. The van der Waals surface area contributed by atoms with Gasteiger partial charge in [-0.3, -0.25) is 14.6 Å². The Bertz CT molecular complexity index is 1040. The van der Waals surface area contributed by atoms with Crippen LogP contribution in [0.15, 0.2) is 84.9 Å². The molecule has 0 saturated carbocycles. The highest BCUT2D eigenvalue weighted by atomic mass is 19.1. The Morgan fingerprint density at radius 1 is 0.800 bits per heavy atom. The molecular weight excluding hydrogens is 437 g/mol. The minimum atomic E-state index is -0.207. The van der Waals surface area contributed by atoms with Crippen LogP contribution in [0.3, 0.4) is 0 Å². The minimum absolute atomic E-state index is 0.0507. The quantitative estimate of drug-likeness (QED) is 0.508. The molecule has 0 N–H and O–H groups in total. The van der Waals surface area contributed by atoms with Crippen molar-refractivity contribution in [1.29, 1.82) is 0 Å². The summed E-state index contributed by atoms with van der Waals surface area (Å²) >= 11 is 0. The maximum Gasteiger partial charge on any atom is 0.227 e. The molecule has 1 unspecified atom stereocenters. The minimum Gasteiger partial charge on any atom is -0.340 e. The largest absolute Gasteiger partial charge is 0.340 e. The van der Waals surface area contributed by atoms with Crippen LogP contribution in [0.5, 0.6) is 0 Å². The lowest BCUT2D eigenvalue weighted by atomic mass is 9.94. The van der Waals surface area contributed by atoms with Crippen LogP contribution >= 0.6 is 0 Å². The molecule has 2 fully saturated rings. The van der Waals surface area contributed by atoms with Gasteiger partial charge in [0.05, 0.1) is 12.0 Å². The van der Waals surface area contributed by atoms with Crippen LogP contribution in [0.2, 0.25) is 0 Å². The first-order chi connectivity index (χ1) is 17.2. The van der Waals surface area contributed by atoms with E-state index >= 15 is 0 Å². The second kappa shape index (κ2) is 11.1. The smallest absolute Gasteiger partial charge is 0.227 e. The molecule has 1 atom stereocenters. The van der Waals surface area contributed by atoms with Gasteiger partial charge in [0.1, 0.15) is 5.82 Å². The van der Waals surface area contributed by atoms with Crippen LogP contribution in [0.1, 0.15) is 35.6 Å². The third kappa shape index (κ3) is 5.80. The van der Waals surface area contributed by atoms with Gasteiger partial charge in [-0.25, -0.2) is 4.39 Å². The van der Waals surface area contributed by atoms with E-state index in [-0.39, 0.29) is 17.8 Å². The molecule has 5 rings (SSSR count). The summed E-state index contributed by atoms with van der Waals surface area (Å²) < 4.78 is 13.2. The third-order valence-electron chi connectivity index (χ3n) is 7.40. The summed E-state index contributed by atoms with van der Waals surface area (Å²) in [6, 6.07) is 28.3. The number of carbonyl (C=O) groups is 1. The molecule has 1 amide bonds. The van der Waals surface area contributed by atoms with Gasteiger partial charge in [0.25, 0.3) is 0 Å². The highest BCUT2D eigenvalue weighted by Crippen LogP contribution is 2.30. The second-order valence-electron chi connectivity index (χ2n) is 9.79. The Labute approximate surface area is 208 Å². The first-order valence-electron chi connectivity index (χ1n) is 12.8. The maximum atomic E-state index is 13.4. The predicted octanol–water partition coefficient (Wildman–Crippen LogP) is 4.97. The molecule has 3 aromatic carbocycles. The van der Waals surface area contributed by atoms with Crippen molar-refractivity contribution in [3.05, 3.63) is 107 Å². The van der Waals surface area contributed by atoms with Crippen LogP contribution in [0.25, 0.3) is 0 Å². The van der Waals surface area contributed by atoms with E-state index in [1.807, 2.05) is 12.1 Å². The molecule has 5 heteroatoms. The van der Waals surface area contributed by atoms with Gasteiger partial charge in [-0.05, 0) is 48.2 Å². The number of hydrogen-bond donors (Lipinski definition) is 0. The molecule has 0 bridgehead atoms. The van der Waals surface area contributed by atoms with Crippen molar-refractivity contribution in [3.8, 4) is 0 Å². The second-order valence-corrected chi connectivity index (χ2v) is 9.79. The zero-order chi connectivity index (χ0) is 24.0. The monoisotopic (exact) mass is 471 g/mol. The van der Waals surface area contributed by atoms with E-state index in [9.17, 15) is 9.18 Å². The summed E-state index contributed by atoms with van der Waals surface area (Å²) in [4.78, 5) is 20.4. The number of likely N-dealkylation sites (tertiary alicyclic amines) is 1. The molecule has 2 aliphatic rings. The van der Waals surface area contributed by atoms with E-state index in [0.717, 1.165) is 64.2 Å². The van der Waals surface area contributed by atoms with Gasteiger partial charge in [-0.2, -0.15) is 0 Å². The number of carbonyl (C=O) groups excluding carboxylic acids is 1. The molecule has 0 spiro atoms. The van der Waals surface area contributed by atoms with Crippen LogP contribution < -0.4 is 0 Å². The Morgan fingerprint density at radius 3 is 2.00 bits per heavy atom. The van der Waals surface area contributed by atoms with Crippen LogP contribution in [-0.4, -0.2) is 59.9 Å². The molecule has 2 saturated heterocycles. The highest BCUT2D eigenvalue weighted by Gasteiger charge is 2.33. The van der Waals surface area contributed by atoms with Crippen molar-refractivity contribution < 1.29 is 9.18 Å². The molecular formula is C30H34FN3O. The topological polar surface area (TPSA) is 26.8 Å². The molecule has 2 aliphatic heterocycles. The molecule has 182 valence electrons. The Hall–Kier alpha value is -3.02. The fraction of sp³-hybridized carbons (Fsp3) is 0.367. The van der Waals surface area contributed by atoms with Gasteiger partial charge < -0.3 is 4.90 Å². The summed E-state index contributed by atoms with van der Waals surface area (Å²) in [7, 11) is 0. The normalized spacial score (nSPS) is 19.7. The Kier molecular flexibility index (Phi) is 7.55. The van der Waals surface area contributed by atoms with E-state index < -0.39 is 0 Å². The predicted molar refractivity (Wildman–Crippen MR) is 137 cm³/mol. The molecule has 0 aromatic heterocycles. The van der Waals surface area contributed by atoms with Crippen molar-refractivity contribution in [2.75, 3.05) is 39.3 Å². The summed E-state index contributed by atoms with van der Waals surface area (Å²) in [6.07, 6.45) is 1.98. The lowest BCUT2D eigenvalue weighted by Crippen LogP contribution is -2.53. The fourth-order valence-corrected chi connectivity index (χ4v) is 5.59. The van der Waals surface area contributed by atoms with Gasteiger partial charge >= 0.3 is 0 Å². The molecule has 35 heavy (non-hydrogen) atoms. The summed E-state index contributed by atoms with van der Waals surface area (Å²) in [5.74, 6) is 0.139. The lowest BCUT2D eigenvalue weighted by Gasteiger charge is -2.42. The van der Waals surface area contributed by atoms with E-state index in [2.05, 4.69) is 75.4 Å². The number of nitrogens with zero attached hydrogens (tertiary/aromatic N) is 3. The van der Waals surface area contributed by atoms with Crippen molar-refractivity contribution in [2.45, 2.75) is 25.4 Å². The fourth-order valence-electron chi connectivity index (χ4n) is 5.59. The first-order valence-corrected chi connectivity index (χ1v) is 12.8. The summed E-state index contributed by atoms with van der Waals surface area (Å²) in [5.41, 5.74) is 3.69.